The van der Waals surface area contributed by atoms with Crippen molar-refractivity contribution in [1.82, 2.24) is 15.0 Å². The summed E-state index contributed by atoms with van der Waals surface area (Å²) in [7, 11) is 0. The molecule has 0 bridgehead atoms. The Bertz CT molecular complexity index is 811. The summed E-state index contributed by atoms with van der Waals surface area (Å²) in [6, 6.07) is 14.5. The molecule has 0 saturated heterocycles. The summed E-state index contributed by atoms with van der Waals surface area (Å²) in [5.74, 6) is 1.74. The number of pyridine rings is 1. The quantitative estimate of drug-likeness (QED) is 0.701. The summed E-state index contributed by atoms with van der Waals surface area (Å²) < 4.78 is 0. The number of rotatable bonds is 5. The van der Waals surface area contributed by atoms with E-state index in [-0.39, 0.29) is 0 Å². The second kappa shape index (κ2) is 7.21. The molecule has 122 valence electrons. The molecule has 0 saturated carbocycles. The summed E-state index contributed by atoms with van der Waals surface area (Å²) in [5.41, 5.74) is 4.17. The number of nitrogens with zero attached hydrogens (tertiary/aromatic N) is 4. The maximum absolute atomic E-state index is 4.61. The minimum absolute atomic E-state index is 0.777. The molecular weight excluding hydrogens is 296 g/mol. The average Bonchev–Trinajstić information content (AvgIpc) is 2.63. The Kier molecular flexibility index (Phi) is 4.85. The van der Waals surface area contributed by atoms with Gasteiger partial charge in [-0.3, -0.25) is 4.98 Å². The van der Waals surface area contributed by atoms with Gasteiger partial charge in [-0.2, -0.15) is 0 Å². The van der Waals surface area contributed by atoms with E-state index in [0.717, 1.165) is 47.1 Å². The van der Waals surface area contributed by atoms with E-state index in [4.69, 9.17) is 0 Å². The molecule has 3 aromatic rings. The van der Waals surface area contributed by atoms with Gasteiger partial charge in [-0.1, -0.05) is 30.3 Å². The fourth-order valence-corrected chi connectivity index (χ4v) is 2.78. The average molecular weight is 318 g/mol. The largest absolute Gasteiger partial charge is 0.357 e. The Balaban J connectivity index is 2.03. The number of anilines is 1. The van der Waals surface area contributed by atoms with Gasteiger partial charge in [-0.25, -0.2) is 9.97 Å². The number of hydrogen-bond donors (Lipinski definition) is 0. The monoisotopic (exact) mass is 318 g/mol. The molecule has 3 rings (SSSR count). The van der Waals surface area contributed by atoms with Crippen molar-refractivity contribution in [2.75, 3.05) is 18.0 Å². The van der Waals surface area contributed by atoms with Gasteiger partial charge < -0.3 is 4.90 Å². The predicted octanol–water partition coefficient (Wildman–Crippen LogP) is 4.36. The van der Waals surface area contributed by atoms with Crippen molar-refractivity contribution < 1.29 is 0 Å². The SMILES string of the molecule is CCN(CC)c1cc(-c2cncc(-c3ccccc3)c2)nc(C)n1. The lowest BCUT2D eigenvalue weighted by molar-refractivity contribution is 0.835. The highest BCUT2D eigenvalue weighted by Crippen LogP contribution is 2.26. The van der Waals surface area contributed by atoms with Gasteiger partial charge in [0.05, 0.1) is 5.69 Å². The highest BCUT2D eigenvalue weighted by molar-refractivity contribution is 5.71. The van der Waals surface area contributed by atoms with Crippen LogP contribution in [0.15, 0.2) is 54.9 Å². The second-order valence-electron chi connectivity index (χ2n) is 5.66. The minimum Gasteiger partial charge on any atom is -0.357 e. The molecule has 1 aromatic carbocycles. The first-order valence-corrected chi connectivity index (χ1v) is 8.32. The van der Waals surface area contributed by atoms with Crippen molar-refractivity contribution in [3.05, 3.63) is 60.7 Å². The van der Waals surface area contributed by atoms with Crippen LogP contribution < -0.4 is 4.90 Å². The molecular formula is C20H22N4. The third-order valence-corrected chi connectivity index (χ3v) is 4.05. The molecule has 0 fully saturated rings. The Labute approximate surface area is 143 Å². The first-order chi connectivity index (χ1) is 11.7. The van der Waals surface area contributed by atoms with E-state index in [1.807, 2.05) is 43.6 Å². The van der Waals surface area contributed by atoms with Crippen molar-refractivity contribution in [3.63, 3.8) is 0 Å². The maximum atomic E-state index is 4.61. The number of aryl methyl sites for hydroxylation is 1. The van der Waals surface area contributed by atoms with E-state index >= 15 is 0 Å². The van der Waals surface area contributed by atoms with Crippen LogP contribution in [0.5, 0.6) is 0 Å². The molecule has 0 spiro atoms. The van der Waals surface area contributed by atoms with Gasteiger partial charge in [0, 0.05) is 42.7 Å². The molecule has 0 atom stereocenters. The molecule has 24 heavy (non-hydrogen) atoms. The van der Waals surface area contributed by atoms with Gasteiger partial charge >= 0.3 is 0 Å². The Morgan fingerprint density at radius 2 is 1.54 bits per heavy atom. The fraction of sp³-hybridized carbons (Fsp3) is 0.250. The Morgan fingerprint density at radius 1 is 0.833 bits per heavy atom. The molecule has 0 aliphatic rings. The van der Waals surface area contributed by atoms with E-state index in [9.17, 15) is 0 Å². The first-order valence-electron chi connectivity index (χ1n) is 8.32. The van der Waals surface area contributed by atoms with Gasteiger partial charge in [-0.05, 0) is 32.4 Å². The molecule has 0 N–H and O–H groups in total. The molecule has 4 nitrogen and oxygen atoms in total. The zero-order valence-corrected chi connectivity index (χ0v) is 14.4. The lowest BCUT2D eigenvalue weighted by Crippen LogP contribution is -2.23. The molecule has 0 unspecified atom stereocenters. The summed E-state index contributed by atoms with van der Waals surface area (Å²) in [6.45, 7) is 8.06. The first kappa shape index (κ1) is 16.1. The zero-order valence-electron chi connectivity index (χ0n) is 14.4. The smallest absolute Gasteiger partial charge is 0.132 e. The molecule has 2 heterocycles. The summed E-state index contributed by atoms with van der Waals surface area (Å²) in [5, 5.41) is 0. The van der Waals surface area contributed by atoms with E-state index in [1.165, 1.54) is 0 Å². The van der Waals surface area contributed by atoms with Crippen LogP contribution in [0.2, 0.25) is 0 Å². The second-order valence-corrected chi connectivity index (χ2v) is 5.66. The van der Waals surface area contributed by atoms with Crippen LogP contribution in [0, 0.1) is 6.92 Å². The van der Waals surface area contributed by atoms with Gasteiger partial charge in [0.15, 0.2) is 0 Å². The van der Waals surface area contributed by atoms with Crippen LogP contribution in [-0.4, -0.2) is 28.0 Å². The van der Waals surface area contributed by atoms with Crippen molar-refractivity contribution in [3.8, 4) is 22.4 Å². The highest BCUT2D eigenvalue weighted by Gasteiger charge is 2.10. The maximum Gasteiger partial charge on any atom is 0.132 e. The molecule has 4 heteroatoms. The molecule has 0 radical (unpaired) electrons. The van der Waals surface area contributed by atoms with Crippen molar-refractivity contribution in [1.29, 1.82) is 0 Å². The molecule has 0 aliphatic carbocycles. The van der Waals surface area contributed by atoms with Crippen molar-refractivity contribution in [2.24, 2.45) is 0 Å². The van der Waals surface area contributed by atoms with Gasteiger partial charge in [0.1, 0.15) is 11.6 Å². The van der Waals surface area contributed by atoms with Gasteiger partial charge in [-0.15, -0.1) is 0 Å². The number of aromatic nitrogens is 3. The number of benzene rings is 1. The van der Waals surface area contributed by atoms with E-state index in [0.29, 0.717) is 0 Å². The lowest BCUT2D eigenvalue weighted by atomic mass is 10.0. The van der Waals surface area contributed by atoms with Crippen LogP contribution in [0.4, 0.5) is 5.82 Å². The topological polar surface area (TPSA) is 41.9 Å². The third-order valence-electron chi connectivity index (χ3n) is 4.05. The molecule has 2 aromatic heterocycles. The van der Waals surface area contributed by atoms with Crippen LogP contribution in [0.1, 0.15) is 19.7 Å². The summed E-state index contributed by atoms with van der Waals surface area (Å²) in [6.07, 6.45) is 3.75. The third kappa shape index (κ3) is 3.43. The molecule has 0 amide bonds. The van der Waals surface area contributed by atoms with Crippen molar-refractivity contribution in [2.45, 2.75) is 20.8 Å². The van der Waals surface area contributed by atoms with Crippen LogP contribution >= 0.6 is 0 Å². The van der Waals surface area contributed by atoms with Crippen LogP contribution in [0.25, 0.3) is 22.4 Å². The minimum atomic E-state index is 0.777. The lowest BCUT2D eigenvalue weighted by Gasteiger charge is -2.20. The van der Waals surface area contributed by atoms with Gasteiger partial charge in [0.25, 0.3) is 0 Å². The fourth-order valence-electron chi connectivity index (χ4n) is 2.78. The predicted molar refractivity (Wildman–Crippen MR) is 99.0 cm³/mol. The van der Waals surface area contributed by atoms with Crippen molar-refractivity contribution >= 4 is 5.82 Å². The summed E-state index contributed by atoms with van der Waals surface area (Å²) in [4.78, 5) is 15.8. The zero-order chi connectivity index (χ0) is 16.9. The highest BCUT2D eigenvalue weighted by atomic mass is 15.2. The van der Waals surface area contributed by atoms with Crippen LogP contribution in [-0.2, 0) is 0 Å². The van der Waals surface area contributed by atoms with E-state index in [1.54, 1.807) is 0 Å². The Morgan fingerprint density at radius 3 is 2.25 bits per heavy atom. The number of hydrogen-bond acceptors (Lipinski definition) is 4. The molecule has 0 aliphatic heterocycles. The normalized spacial score (nSPS) is 10.6. The van der Waals surface area contributed by atoms with E-state index < -0.39 is 0 Å². The van der Waals surface area contributed by atoms with Crippen LogP contribution in [0.3, 0.4) is 0 Å². The standard InChI is InChI=1S/C20H22N4/c1-4-24(5-2)20-12-19(22-15(3)23-20)18-11-17(13-21-14-18)16-9-7-6-8-10-16/h6-14H,4-5H2,1-3H3. The summed E-state index contributed by atoms with van der Waals surface area (Å²) >= 11 is 0. The van der Waals surface area contributed by atoms with Gasteiger partial charge in [0.2, 0.25) is 0 Å². The van der Waals surface area contributed by atoms with E-state index in [2.05, 4.69) is 51.9 Å². The Hall–Kier alpha value is -2.75.